The molecule has 10 nitrogen and oxygen atoms in total. The minimum absolute atomic E-state index is 0.306. The predicted molar refractivity (Wildman–Crippen MR) is 135 cm³/mol. The van der Waals surface area contributed by atoms with Crippen LogP contribution in [0.25, 0.3) is 17.1 Å². The van der Waals surface area contributed by atoms with Gasteiger partial charge in [-0.15, -0.1) is 18.3 Å². The van der Waals surface area contributed by atoms with E-state index in [2.05, 4.69) is 15.2 Å². The number of aromatic nitrogens is 3. The highest BCUT2D eigenvalue weighted by Crippen LogP contribution is 2.31. The van der Waals surface area contributed by atoms with Crippen molar-refractivity contribution in [3.63, 3.8) is 0 Å². The Labute approximate surface area is 225 Å². The van der Waals surface area contributed by atoms with Crippen molar-refractivity contribution in [2.24, 2.45) is 5.16 Å². The normalized spacial score (nSPS) is 24.7. The van der Waals surface area contributed by atoms with Crippen LogP contribution < -0.4 is 0 Å². The van der Waals surface area contributed by atoms with Crippen molar-refractivity contribution in [3.05, 3.63) is 60.4 Å². The first-order chi connectivity index (χ1) is 18.7. The second-order valence-electron chi connectivity index (χ2n) is 8.49. The number of oxime groups is 1. The Morgan fingerprint density at radius 3 is 2.21 bits per heavy atom. The van der Waals surface area contributed by atoms with Crippen LogP contribution in [0, 0.1) is 0 Å². The average molecular weight is 569 g/mol. The fourth-order valence-corrected chi connectivity index (χ4v) is 4.80. The first-order valence-corrected chi connectivity index (χ1v) is 12.9. The van der Waals surface area contributed by atoms with E-state index in [1.54, 1.807) is 38.5 Å². The highest BCUT2D eigenvalue weighted by Gasteiger charge is 2.47. The number of ether oxygens (including phenoxy) is 4. The standard InChI is InChI=1S/C25H27F3N4O6S/c1-15-20(34-2)21(35-3)22(36-4)24(37-15)38-30-13-16-5-7-17(8-6-16)23-29-14-32(31-23)18-9-11-19(12-10-18)39(33)25(26,27)28/h5-15,20-22,24H,1-4H3/t15-,20-,21+,22+,24-,39?/m0/s1. The number of rotatable bonds is 9. The van der Waals surface area contributed by atoms with Gasteiger partial charge in [0.15, 0.2) is 16.8 Å². The van der Waals surface area contributed by atoms with Crippen LogP contribution in [-0.2, 0) is 35.0 Å². The Hall–Kier alpha value is -3.01. The molecule has 2 aromatic carbocycles. The van der Waals surface area contributed by atoms with Crippen molar-refractivity contribution in [1.29, 1.82) is 0 Å². The first-order valence-electron chi connectivity index (χ1n) is 11.7. The third kappa shape index (κ3) is 6.59. The van der Waals surface area contributed by atoms with E-state index >= 15 is 0 Å². The Kier molecular flexibility index (Phi) is 9.25. The lowest BCUT2D eigenvalue weighted by atomic mass is 9.99. The number of hydrogen-bond acceptors (Lipinski definition) is 9. The summed E-state index contributed by atoms with van der Waals surface area (Å²) in [5, 5.41) is 8.42. The minimum Gasteiger partial charge on any atom is -0.604 e. The third-order valence-corrected chi connectivity index (χ3v) is 7.22. The largest absolute Gasteiger partial charge is 0.604 e. The molecule has 0 amide bonds. The van der Waals surface area contributed by atoms with Crippen molar-refractivity contribution in [3.8, 4) is 17.1 Å². The maximum atomic E-state index is 12.7. The van der Waals surface area contributed by atoms with E-state index in [0.29, 0.717) is 17.1 Å². The summed E-state index contributed by atoms with van der Waals surface area (Å²) in [6.45, 7) is 1.85. The number of hydrogen-bond donors (Lipinski definition) is 0. The molecular formula is C25H27F3N4O6S. The Morgan fingerprint density at radius 2 is 1.62 bits per heavy atom. The fourth-order valence-electron chi connectivity index (χ4n) is 4.14. The van der Waals surface area contributed by atoms with Gasteiger partial charge < -0.3 is 28.3 Å². The summed E-state index contributed by atoms with van der Waals surface area (Å²) in [5.74, 6) is 0.406. The van der Waals surface area contributed by atoms with Gasteiger partial charge in [0.1, 0.15) is 18.5 Å². The molecule has 0 radical (unpaired) electrons. The molecule has 2 heterocycles. The van der Waals surface area contributed by atoms with Gasteiger partial charge in [-0.05, 0) is 36.8 Å². The van der Waals surface area contributed by atoms with E-state index in [1.165, 1.54) is 36.5 Å². The second-order valence-corrected chi connectivity index (χ2v) is 9.97. The van der Waals surface area contributed by atoms with Crippen molar-refractivity contribution in [2.45, 2.75) is 48.0 Å². The smallest absolute Gasteiger partial charge is 0.578 e. The summed E-state index contributed by atoms with van der Waals surface area (Å²) >= 11 is -3.09. The molecule has 0 spiro atoms. The van der Waals surface area contributed by atoms with Crippen LogP contribution in [0.15, 0.2) is 64.9 Å². The summed E-state index contributed by atoms with van der Waals surface area (Å²) in [7, 11) is 4.68. The molecule has 1 aliphatic rings. The topological polar surface area (TPSA) is 112 Å². The average Bonchev–Trinajstić information content (AvgIpc) is 3.42. The number of alkyl halides is 3. The second kappa shape index (κ2) is 12.4. The Bertz CT molecular complexity index is 1240. The van der Waals surface area contributed by atoms with Crippen molar-refractivity contribution < 1.29 is 41.5 Å². The van der Waals surface area contributed by atoms with E-state index in [0.717, 1.165) is 17.7 Å². The molecule has 1 fully saturated rings. The maximum absolute atomic E-state index is 12.7. The zero-order chi connectivity index (χ0) is 28.2. The lowest BCUT2D eigenvalue weighted by Crippen LogP contribution is -2.59. The molecule has 1 aliphatic heterocycles. The zero-order valence-corrected chi connectivity index (χ0v) is 22.3. The van der Waals surface area contributed by atoms with Crippen molar-refractivity contribution >= 4 is 17.4 Å². The maximum Gasteiger partial charge on any atom is 0.578 e. The summed E-state index contributed by atoms with van der Waals surface area (Å²) < 4.78 is 73.3. The molecule has 1 aromatic heterocycles. The molecule has 210 valence electrons. The van der Waals surface area contributed by atoms with Crippen LogP contribution in [0.4, 0.5) is 13.2 Å². The lowest BCUT2D eigenvalue weighted by Gasteiger charge is -2.42. The van der Waals surface area contributed by atoms with Gasteiger partial charge >= 0.3 is 5.51 Å². The fraction of sp³-hybridized carbons (Fsp3) is 0.400. The first kappa shape index (κ1) is 29.0. The van der Waals surface area contributed by atoms with Gasteiger partial charge in [-0.1, -0.05) is 29.4 Å². The van der Waals surface area contributed by atoms with E-state index in [9.17, 15) is 17.7 Å². The lowest BCUT2D eigenvalue weighted by molar-refractivity contribution is -0.305. The van der Waals surface area contributed by atoms with Crippen molar-refractivity contribution in [2.75, 3.05) is 21.3 Å². The summed E-state index contributed by atoms with van der Waals surface area (Å²) in [4.78, 5) is 9.50. The highest BCUT2D eigenvalue weighted by atomic mass is 32.2. The Balaban J connectivity index is 1.39. The number of nitrogens with zero attached hydrogens (tertiary/aromatic N) is 4. The van der Waals surface area contributed by atoms with E-state index in [-0.39, 0.29) is 17.1 Å². The predicted octanol–water partition coefficient (Wildman–Crippen LogP) is 3.70. The molecule has 0 N–H and O–H groups in total. The molecule has 3 aromatic rings. The number of benzene rings is 2. The molecule has 0 saturated carbocycles. The summed E-state index contributed by atoms with van der Waals surface area (Å²) in [5.41, 5.74) is -2.90. The summed E-state index contributed by atoms with van der Waals surface area (Å²) in [6, 6.07) is 12.3. The monoisotopic (exact) mass is 568 g/mol. The zero-order valence-electron chi connectivity index (χ0n) is 21.4. The minimum atomic E-state index is -4.82. The molecule has 14 heteroatoms. The number of methoxy groups -OCH3 is 3. The van der Waals surface area contributed by atoms with Gasteiger partial charge in [-0.25, -0.2) is 9.67 Å². The number of halogens is 3. The van der Waals surface area contributed by atoms with Crippen LogP contribution in [0.3, 0.4) is 0 Å². The molecule has 1 saturated heterocycles. The van der Waals surface area contributed by atoms with E-state index in [1.807, 2.05) is 6.92 Å². The van der Waals surface area contributed by atoms with Crippen LogP contribution in [0.1, 0.15) is 12.5 Å². The van der Waals surface area contributed by atoms with Crippen LogP contribution in [-0.4, -0.2) is 83.1 Å². The van der Waals surface area contributed by atoms with Crippen molar-refractivity contribution in [1.82, 2.24) is 14.8 Å². The van der Waals surface area contributed by atoms with Crippen LogP contribution in [0.5, 0.6) is 0 Å². The molecule has 39 heavy (non-hydrogen) atoms. The van der Waals surface area contributed by atoms with Crippen LogP contribution >= 0.6 is 0 Å². The van der Waals surface area contributed by atoms with E-state index in [4.69, 9.17) is 23.8 Å². The highest BCUT2D eigenvalue weighted by molar-refractivity contribution is 7.92. The van der Waals surface area contributed by atoms with Gasteiger partial charge in [-0.3, -0.25) is 0 Å². The van der Waals surface area contributed by atoms with Gasteiger partial charge in [0.2, 0.25) is 0 Å². The third-order valence-electron chi connectivity index (χ3n) is 6.10. The van der Waals surface area contributed by atoms with Gasteiger partial charge in [0.05, 0.1) is 29.2 Å². The molecule has 1 unspecified atom stereocenters. The van der Waals surface area contributed by atoms with Gasteiger partial charge in [0, 0.05) is 26.9 Å². The quantitative estimate of drug-likeness (QED) is 0.218. The van der Waals surface area contributed by atoms with Gasteiger partial charge in [-0.2, -0.15) is 0 Å². The van der Waals surface area contributed by atoms with E-state index < -0.39 is 35.2 Å². The Morgan fingerprint density at radius 1 is 0.974 bits per heavy atom. The molecule has 0 aliphatic carbocycles. The molecular weight excluding hydrogens is 541 g/mol. The van der Waals surface area contributed by atoms with Gasteiger partial charge in [0.25, 0.3) is 6.29 Å². The molecule has 6 atom stereocenters. The summed E-state index contributed by atoms with van der Waals surface area (Å²) in [6.07, 6.45) is 0.567. The molecule has 4 rings (SSSR count). The SMILES string of the molecule is CO[C@@H]1[C@@H](OC)[C@H](C)O[C@@H](ON=Cc2ccc(-c3ncn(-c4ccc([S+]([O-])C(F)(F)F)cc4)n3)cc2)[C@@H]1OC. The molecule has 0 bridgehead atoms. The van der Waals surface area contributed by atoms with Crippen LogP contribution in [0.2, 0.25) is 0 Å².